The Balaban J connectivity index is 1.13. The molecule has 0 aromatic heterocycles. The number of hydrogen-bond acceptors (Lipinski definition) is 2. The van der Waals surface area contributed by atoms with Gasteiger partial charge in [-0.2, -0.15) is 0 Å². The lowest BCUT2D eigenvalue weighted by Gasteiger charge is -2.34. The highest BCUT2D eigenvalue weighted by atomic mass is 15.2. The van der Waals surface area contributed by atoms with Gasteiger partial charge in [-0.05, 0) is 127 Å². The van der Waals surface area contributed by atoms with Crippen molar-refractivity contribution in [2.24, 2.45) is 0 Å². The largest absolute Gasteiger partial charge is 0.310 e. The molecular weight excluding hydrogens is 773 g/mol. The maximum Gasteiger partial charge on any atom is 0.0733 e. The van der Waals surface area contributed by atoms with Crippen LogP contribution in [0.1, 0.15) is 47.2 Å². The number of anilines is 6. The van der Waals surface area contributed by atoms with E-state index in [9.17, 15) is 0 Å². The molecule has 3 aliphatic rings. The van der Waals surface area contributed by atoms with Crippen LogP contribution in [-0.4, -0.2) is 0 Å². The minimum Gasteiger partial charge on any atom is -0.310 e. The average molecular weight is 817 g/mol. The van der Waals surface area contributed by atoms with E-state index in [4.69, 9.17) is 0 Å². The van der Waals surface area contributed by atoms with Crippen molar-refractivity contribution in [3.05, 3.63) is 264 Å². The molecule has 0 bridgehead atoms. The normalized spacial score (nSPS) is 15.5. The van der Waals surface area contributed by atoms with E-state index >= 15 is 0 Å². The quantitative estimate of drug-likeness (QED) is 0.165. The molecule has 2 nitrogen and oxygen atoms in total. The van der Waals surface area contributed by atoms with Gasteiger partial charge in [0.2, 0.25) is 0 Å². The molecule has 0 radical (unpaired) electrons. The number of fused-ring (bicyclic) bond motifs is 15. The fourth-order valence-electron chi connectivity index (χ4n) is 11.8. The van der Waals surface area contributed by atoms with E-state index in [0.29, 0.717) is 0 Å². The highest BCUT2D eigenvalue weighted by Crippen LogP contribution is 2.68. The van der Waals surface area contributed by atoms with Crippen molar-refractivity contribution >= 4 is 44.9 Å². The van der Waals surface area contributed by atoms with Crippen molar-refractivity contribution in [3.8, 4) is 33.4 Å². The van der Waals surface area contributed by atoms with Crippen molar-refractivity contribution in [3.63, 3.8) is 0 Å². The molecule has 0 heterocycles. The van der Waals surface area contributed by atoms with Gasteiger partial charge in [0.1, 0.15) is 0 Å². The highest BCUT2D eigenvalue weighted by Gasteiger charge is 2.54. The molecule has 0 saturated heterocycles. The smallest absolute Gasteiger partial charge is 0.0733 e. The summed E-state index contributed by atoms with van der Waals surface area (Å²) in [7, 11) is 0. The van der Waals surface area contributed by atoms with Crippen molar-refractivity contribution < 1.29 is 0 Å². The van der Waals surface area contributed by atoms with Crippen molar-refractivity contribution in [2.75, 3.05) is 9.80 Å². The van der Waals surface area contributed by atoms with Crippen LogP contribution in [0.3, 0.4) is 0 Å². The van der Waals surface area contributed by atoms with Gasteiger partial charge >= 0.3 is 0 Å². The van der Waals surface area contributed by atoms with Gasteiger partial charge in [-0.15, -0.1) is 0 Å². The van der Waals surface area contributed by atoms with E-state index in [2.05, 4.69) is 254 Å². The molecule has 1 atom stereocenters. The zero-order valence-corrected chi connectivity index (χ0v) is 35.8. The summed E-state index contributed by atoms with van der Waals surface area (Å²) in [6, 6.07) is 85.8. The predicted molar refractivity (Wildman–Crippen MR) is 267 cm³/mol. The van der Waals surface area contributed by atoms with Crippen LogP contribution in [-0.2, 0) is 10.8 Å². The summed E-state index contributed by atoms with van der Waals surface area (Å²) in [5.74, 6) is 0. The third-order valence-electron chi connectivity index (χ3n) is 14.4. The summed E-state index contributed by atoms with van der Waals surface area (Å²) in [4.78, 5) is 4.97. The van der Waals surface area contributed by atoms with Gasteiger partial charge in [0, 0.05) is 39.3 Å². The number of rotatable bonds is 6. The molecular formula is C62H44N2. The summed E-state index contributed by atoms with van der Waals surface area (Å²) in [6.45, 7) is 4.75. The second-order valence-electron chi connectivity index (χ2n) is 18.0. The summed E-state index contributed by atoms with van der Waals surface area (Å²) in [6.07, 6.45) is 0. The standard InChI is InChI=1S/C62H44N2/c1-61(2)51-32-17-14-29-47(51)48-38-37-45(40-55(48)61)64(44-26-10-5-11-27-44)56-36-20-35-54-58(56)49-30-15-18-33-52(49)62(54)53-34-19-16-31-50(53)59-57(39-41-21-12-13-28-46(41)60(59)62)63(42-22-6-3-7-23-42)43-24-8-4-9-25-43/h3-40H,1-2H3. The van der Waals surface area contributed by atoms with Crippen LogP contribution in [0.15, 0.2) is 231 Å². The molecule has 64 heavy (non-hydrogen) atoms. The number of hydrogen-bond donors (Lipinski definition) is 0. The van der Waals surface area contributed by atoms with Gasteiger partial charge in [-0.3, -0.25) is 0 Å². The van der Waals surface area contributed by atoms with E-state index < -0.39 is 5.41 Å². The Morgan fingerprint density at radius 3 is 1.44 bits per heavy atom. The number of nitrogens with zero attached hydrogens (tertiary/aromatic N) is 2. The molecule has 2 heteroatoms. The maximum absolute atomic E-state index is 2.51. The minimum absolute atomic E-state index is 0.136. The number of para-hydroxylation sites is 3. The molecule has 0 aliphatic heterocycles. The highest BCUT2D eigenvalue weighted by molar-refractivity contribution is 6.11. The van der Waals surface area contributed by atoms with Gasteiger partial charge in [-0.25, -0.2) is 0 Å². The zero-order chi connectivity index (χ0) is 42.6. The third-order valence-corrected chi connectivity index (χ3v) is 14.4. The van der Waals surface area contributed by atoms with E-state index in [1.165, 1.54) is 88.9 Å². The van der Waals surface area contributed by atoms with Gasteiger partial charge in [-0.1, -0.05) is 184 Å². The lowest BCUT2D eigenvalue weighted by atomic mass is 9.69. The van der Waals surface area contributed by atoms with Crippen LogP contribution in [0.2, 0.25) is 0 Å². The first-order valence-corrected chi connectivity index (χ1v) is 22.4. The lowest BCUT2D eigenvalue weighted by Crippen LogP contribution is -2.26. The predicted octanol–water partition coefficient (Wildman–Crippen LogP) is 16.4. The summed E-state index contributed by atoms with van der Waals surface area (Å²) in [5.41, 5.74) is 21.9. The topological polar surface area (TPSA) is 6.48 Å². The first kappa shape index (κ1) is 36.7. The monoisotopic (exact) mass is 816 g/mol. The Labute approximate surface area is 375 Å². The van der Waals surface area contributed by atoms with Crippen LogP contribution in [0.4, 0.5) is 34.1 Å². The molecule has 3 aliphatic carbocycles. The Kier molecular flexibility index (Phi) is 7.90. The van der Waals surface area contributed by atoms with Crippen molar-refractivity contribution in [1.29, 1.82) is 0 Å². The van der Waals surface area contributed by atoms with Gasteiger partial charge in [0.05, 0.1) is 16.8 Å². The number of benzene rings is 10. The van der Waals surface area contributed by atoms with Crippen molar-refractivity contribution in [2.45, 2.75) is 24.7 Å². The lowest BCUT2D eigenvalue weighted by molar-refractivity contribution is 0.660. The second-order valence-corrected chi connectivity index (χ2v) is 18.0. The molecule has 1 spiro atoms. The fourth-order valence-corrected chi connectivity index (χ4v) is 11.8. The molecule has 302 valence electrons. The van der Waals surface area contributed by atoms with Crippen LogP contribution in [0.25, 0.3) is 44.2 Å². The van der Waals surface area contributed by atoms with E-state index in [0.717, 1.165) is 22.7 Å². The van der Waals surface area contributed by atoms with Gasteiger partial charge in [0.25, 0.3) is 0 Å². The molecule has 1 unspecified atom stereocenters. The van der Waals surface area contributed by atoms with Crippen LogP contribution >= 0.6 is 0 Å². The summed E-state index contributed by atoms with van der Waals surface area (Å²) >= 11 is 0. The summed E-state index contributed by atoms with van der Waals surface area (Å²) < 4.78 is 0. The first-order chi connectivity index (χ1) is 31.5. The Bertz CT molecular complexity index is 3440. The third kappa shape index (κ3) is 4.97. The van der Waals surface area contributed by atoms with Gasteiger partial charge in [0.15, 0.2) is 0 Å². The van der Waals surface area contributed by atoms with Gasteiger partial charge < -0.3 is 9.80 Å². The molecule has 0 N–H and O–H groups in total. The molecule has 10 aromatic carbocycles. The fraction of sp³-hybridized carbons (Fsp3) is 0.0645. The Hall–Kier alpha value is -7.94. The maximum atomic E-state index is 2.51. The summed E-state index contributed by atoms with van der Waals surface area (Å²) in [5, 5.41) is 2.49. The molecule has 10 aromatic rings. The SMILES string of the molecule is CC1(C)c2ccccc2-c2ccc(N(c3ccccc3)c3cccc4c3-c3ccccc3C43c4ccccc4-c4c(N(c5ccccc5)c5ccccc5)cc5ccccc5c43)cc21. The minimum atomic E-state index is -0.605. The molecule has 13 rings (SSSR count). The van der Waals surface area contributed by atoms with Crippen LogP contribution in [0.5, 0.6) is 0 Å². The zero-order valence-electron chi connectivity index (χ0n) is 35.8. The van der Waals surface area contributed by atoms with Crippen LogP contribution in [0, 0.1) is 0 Å². The Morgan fingerprint density at radius 2 is 0.797 bits per heavy atom. The molecule has 0 fully saturated rings. The van der Waals surface area contributed by atoms with Crippen LogP contribution < -0.4 is 9.80 Å². The Morgan fingerprint density at radius 1 is 0.312 bits per heavy atom. The van der Waals surface area contributed by atoms with E-state index in [1.54, 1.807) is 0 Å². The second kappa shape index (κ2) is 13.8. The first-order valence-electron chi connectivity index (χ1n) is 22.4. The van der Waals surface area contributed by atoms with E-state index in [1.807, 2.05) is 0 Å². The molecule has 0 amide bonds. The molecule has 0 saturated carbocycles. The van der Waals surface area contributed by atoms with E-state index in [-0.39, 0.29) is 5.41 Å². The van der Waals surface area contributed by atoms with Crippen molar-refractivity contribution in [1.82, 2.24) is 0 Å². The average Bonchev–Trinajstić information content (AvgIpc) is 3.92.